The molecule has 2 rings (SSSR count). The number of hydrogen-bond acceptors (Lipinski definition) is 3. The number of nitrogens with zero attached hydrogens (tertiary/aromatic N) is 1. The highest BCUT2D eigenvalue weighted by Crippen LogP contribution is 2.23. The number of para-hydroxylation sites is 1. The lowest BCUT2D eigenvalue weighted by atomic mass is 9.87. The van der Waals surface area contributed by atoms with Crippen LogP contribution in [0.25, 0.3) is 0 Å². The number of carbonyl (C=O) groups is 2. The van der Waals surface area contributed by atoms with Crippen LogP contribution in [0.5, 0.6) is 0 Å². The molecule has 1 N–H and O–H groups in total. The molecule has 0 spiro atoms. The molecule has 2 amide bonds. The third kappa shape index (κ3) is 6.63. The molecule has 5 heteroatoms. The Morgan fingerprint density at radius 3 is 2.07 bits per heavy atom. The van der Waals surface area contributed by atoms with Gasteiger partial charge in [-0.15, -0.1) is 0 Å². The molecule has 0 radical (unpaired) electrons. The van der Waals surface area contributed by atoms with Crippen molar-refractivity contribution in [1.29, 1.82) is 0 Å². The second-order valence-corrected chi connectivity index (χ2v) is 9.28. The largest absolute Gasteiger partial charge is 0.444 e. The topological polar surface area (TPSA) is 58.6 Å². The normalized spacial score (nSPS) is 11.7. The van der Waals surface area contributed by atoms with E-state index in [1.54, 1.807) is 57.0 Å². The number of ether oxygens (including phenoxy) is 1. The minimum absolute atomic E-state index is 0.0898. The number of carbonyl (C=O) groups excluding carboxylic acids is 2. The van der Waals surface area contributed by atoms with Crippen LogP contribution in [-0.4, -0.2) is 29.5 Å². The Morgan fingerprint density at radius 1 is 0.931 bits per heavy atom. The molecule has 0 fully saturated rings. The summed E-state index contributed by atoms with van der Waals surface area (Å²) in [5, 5.41) is 2.68. The molecule has 0 atom stereocenters. The summed E-state index contributed by atoms with van der Waals surface area (Å²) in [6.07, 6.45) is -0.585. The van der Waals surface area contributed by atoms with Gasteiger partial charge >= 0.3 is 6.09 Å². The van der Waals surface area contributed by atoms with Crippen LogP contribution >= 0.6 is 0 Å². The Hall–Kier alpha value is -2.82. The van der Waals surface area contributed by atoms with E-state index in [4.69, 9.17) is 4.74 Å². The lowest BCUT2D eigenvalue weighted by molar-refractivity contribution is 0.0636. The number of benzene rings is 2. The third-order valence-electron chi connectivity index (χ3n) is 4.38. The van der Waals surface area contributed by atoms with Crippen LogP contribution in [0.3, 0.4) is 0 Å². The quantitative estimate of drug-likeness (QED) is 0.731. The number of nitrogens with one attached hydrogen (secondary N) is 1. The number of anilines is 1. The summed E-state index contributed by atoms with van der Waals surface area (Å²) in [4.78, 5) is 26.8. The first-order chi connectivity index (χ1) is 13.4. The molecule has 0 bridgehead atoms. The van der Waals surface area contributed by atoms with E-state index >= 15 is 0 Å². The molecule has 5 nitrogen and oxygen atoms in total. The summed E-state index contributed by atoms with van der Waals surface area (Å²) < 4.78 is 5.30. The first-order valence-electron chi connectivity index (χ1n) is 9.81. The second kappa shape index (κ2) is 8.68. The number of hydrogen-bond donors (Lipinski definition) is 1. The minimum atomic E-state index is -0.612. The van der Waals surface area contributed by atoms with Gasteiger partial charge in [0.2, 0.25) is 0 Å². The van der Waals surface area contributed by atoms with E-state index in [9.17, 15) is 9.59 Å². The molecular weight excluding hydrogens is 364 g/mol. The van der Waals surface area contributed by atoms with Gasteiger partial charge in [-0.1, -0.05) is 57.2 Å². The van der Waals surface area contributed by atoms with Gasteiger partial charge in [-0.3, -0.25) is 10.1 Å². The maximum absolute atomic E-state index is 13.0. The Balaban J connectivity index is 2.12. The van der Waals surface area contributed by atoms with Crippen molar-refractivity contribution < 1.29 is 14.3 Å². The van der Waals surface area contributed by atoms with Crippen molar-refractivity contribution in [3.63, 3.8) is 0 Å². The molecule has 0 aromatic heterocycles. The lowest BCUT2D eigenvalue weighted by Gasteiger charge is -2.22. The standard InChI is InChI=1S/C24H32N2O3/c1-23(2,3)18-14-12-17(13-15-18)16-26(7)21(27)19-10-8-9-11-20(19)25-22(28)29-24(4,5)6/h8-15H,16H2,1-7H3,(H,25,28). The van der Waals surface area contributed by atoms with E-state index in [2.05, 4.69) is 50.4 Å². The maximum atomic E-state index is 13.0. The van der Waals surface area contributed by atoms with E-state index in [0.717, 1.165) is 5.56 Å². The minimum Gasteiger partial charge on any atom is -0.444 e. The highest BCUT2D eigenvalue weighted by molar-refractivity contribution is 6.02. The third-order valence-corrected chi connectivity index (χ3v) is 4.38. The molecule has 0 aliphatic rings. The van der Waals surface area contributed by atoms with Crippen LogP contribution in [0, 0.1) is 0 Å². The molecule has 2 aromatic rings. The van der Waals surface area contributed by atoms with E-state index in [-0.39, 0.29) is 11.3 Å². The SMILES string of the molecule is CN(Cc1ccc(C(C)(C)C)cc1)C(=O)c1ccccc1NC(=O)OC(C)(C)C. The van der Waals surface area contributed by atoms with Crippen LogP contribution in [0.4, 0.5) is 10.5 Å². The number of amides is 2. The Morgan fingerprint density at radius 2 is 1.52 bits per heavy atom. The van der Waals surface area contributed by atoms with Crippen molar-refractivity contribution in [2.24, 2.45) is 0 Å². The molecule has 0 aliphatic carbocycles. The first-order valence-corrected chi connectivity index (χ1v) is 9.81. The van der Waals surface area contributed by atoms with E-state index in [1.807, 2.05) is 0 Å². The monoisotopic (exact) mass is 396 g/mol. The van der Waals surface area contributed by atoms with Gasteiger partial charge in [0.15, 0.2) is 0 Å². The second-order valence-electron chi connectivity index (χ2n) is 9.28. The molecular formula is C24H32N2O3. The fourth-order valence-corrected chi connectivity index (χ4v) is 2.85. The molecule has 2 aromatic carbocycles. The van der Waals surface area contributed by atoms with Gasteiger partial charge in [0.1, 0.15) is 5.60 Å². The van der Waals surface area contributed by atoms with Gasteiger partial charge in [0.25, 0.3) is 5.91 Å². The molecule has 0 aliphatic heterocycles. The summed E-state index contributed by atoms with van der Waals surface area (Å²) in [7, 11) is 1.75. The fourth-order valence-electron chi connectivity index (χ4n) is 2.85. The highest BCUT2D eigenvalue weighted by Gasteiger charge is 2.21. The van der Waals surface area contributed by atoms with E-state index < -0.39 is 11.7 Å². The van der Waals surface area contributed by atoms with Crippen LogP contribution in [0.2, 0.25) is 0 Å². The zero-order chi connectivity index (χ0) is 21.8. The predicted octanol–water partition coefficient (Wildman–Crippen LogP) is 5.60. The number of rotatable bonds is 4. The van der Waals surface area contributed by atoms with Gasteiger partial charge in [-0.05, 0) is 49.4 Å². The van der Waals surface area contributed by atoms with Crippen molar-refractivity contribution in [3.05, 3.63) is 65.2 Å². The molecule has 29 heavy (non-hydrogen) atoms. The molecule has 0 heterocycles. The summed E-state index contributed by atoms with van der Waals surface area (Å²) in [6, 6.07) is 15.3. The summed E-state index contributed by atoms with van der Waals surface area (Å²) >= 11 is 0. The van der Waals surface area contributed by atoms with Gasteiger partial charge in [-0.2, -0.15) is 0 Å². The Kier molecular flexibility index (Phi) is 6.73. The molecule has 0 unspecified atom stereocenters. The van der Waals surface area contributed by atoms with Crippen molar-refractivity contribution in [2.75, 3.05) is 12.4 Å². The van der Waals surface area contributed by atoms with Gasteiger partial charge in [0, 0.05) is 13.6 Å². The van der Waals surface area contributed by atoms with Crippen LogP contribution in [0.1, 0.15) is 63.0 Å². The zero-order valence-corrected chi connectivity index (χ0v) is 18.5. The summed E-state index contributed by atoms with van der Waals surface area (Å²) in [6.45, 7) is 12.4. The zero-order valence-electron chi connectivity index (χ0n) is 18.5. The molecule has 0 saturated heterocycles. The summed E-state index contributed by atoms with van der Waals surface area (Å²) in [5.41, 5.74) is 2.63. The maximum Gasteiger partial charge on any atom is 0.412 e. The molecule has 0 saturated carbocycles. The van der Waals surface area contributed by atoms with Crippen LogP contribution < -0.4 is 5.32 Å². The van der Waals surface area contributed by atoms with E-state index in [1.165, 1.54) is 5.56 Å². The van der Waals surface area contributed by atoms with Crippen molar-refractivity contribution in [3.8, 4) is 0 Å². The molecule has 156 valence electrons. The van der Waals surface area contributed by atoms with Gasteiger partial charge in [-0.25, -0.2) is 4.79 Å². The first kappa shape index (κ1) is 22.5. The summed E-state index contributed by atoms with van der Waals surface area (Å²) in [5.74, 6) is -0.170. The van der Waals surface area contributed by atoms with E-state index in [0.29, 0.717) is 17.8 Å². The van der Waals surface area contributed by atoms with Crippen molar-refractivity contribution in [2.45, 2.75) is 59.1 Å². The highest BCUT2D eigenvalue weighted by atomic mass is 16.6. The fraction of sp³-hybridized carbons (Fsp3) is 0.417. The van der Waals surface area contributed by atoms with Gasteiger partial charge in [0.05, 0.1) is 11.3 Å². The van der Waals surface area contributed by atoms with Crippen LogP contribution in [-0.2, 0) is 16.7 Å². The average Bonchev–Trinajstić information content (AvgIpc) is 2.59. The Bertz CT molecular complexity index is 859. The van der Waals surface area contributed by atoms with Crippen molar-refractivity contribution in [1.82, 2.24) is 4.90 Å². The average molecular weight is 397 g/mol. The van der Waals surface area contributed by atoms with Crippen molar-refractivity contribution >= 4 is 17.7 Å². The van der Waals surface area contributed by atoms with Gasteiger partial charge < -0.3 is 9.64 Å². The smallest absolute Gasteiger partial charge is 0.412 e. The van der Waals surface area contributed by atoms with Crippen LogP contribution in [0.15, 0.2) is 48.5 Å². The Labute approximate surface area is 174 Å². The predicted molar refractivity (Wildman–Crippen MR) is 117 cm³/mol. The lowest BCUT2D eigenvalue weighted by Crippen LogP contribution is -2.30.